The van der Waals surface area contributed by atoms with Gasteiger partial charge in [0.25, 0.3) is 0 Å². The highest BCUT2D eigenvalue weighted by Crippen LogP contribution is 2.46. The third-order valence-corrected chi connectivity index (χ3v) is 3.37. The summed E-state index contributed by atoms with van der Waals surface area (Å²) >= 11 is 3.42. The molecule has 0 atom stereocenters. The number of hydrogen-bond donors (Lipinski definition) is 1. The predicted octanol–water partition coefficient (Wildman–Crippen LogP) is 2.16. The van der Waals surface area contributed by atoms with Crippen molar-refractivity contribution in [2.24, 2.45) is 7.05 Å². The van der Waals surface area contributed by atoms with Crippen LogP contribution in [0.1, 0.15) is 0 Å². The first-order valence-electron chi connectivity index (χ1n) is 5.04. The lowest BCUT2D eigenvalue weighted by atomic mass is 10.1. The number of nitrogen functional groups attached to an aromatic ring is 1. The average Bonchev–Trinajstić information content (AvgIpc) is 2.91. The molecule has 0 saturated heterocycles. The van der Waals surface area contributed by atoms with Crippen molar-refractivity contribution < 1.29 is 9.47 Å². The highest BCUT2D eigenvalue weighted by atomic mass is 79.9. The van der Waals surface area contributed by atoms with Crippen LogP contribution < -0.4 is 15.2 Å². The molecule has 0 radical (unpaired) electrons. The number of anilines is 1. The van der Waals surface area contributed by atoms with Gasteiger partial charge in [0.2, 0.25) is 6.79 Å². The minimum absolute atomic E-state index is 0.227. The number of hydrogen-bond acceptors (Lipinski definition) is 4. The molecule has 1 aromatic carbocycles. The third kappa shape index (κ3) is 1.48. The number of nitrogens with two attached hydrogens (primary N) is 1. The maximum atomic E-state index is 5.96. The summed E-state index contributed by atoms with van der Waals surface area (Å²) in [7, 11) is 1.80. The standard InChI is InChI=1S/C11H10BrN3O2/c1-15-11(13)7(4-14-15)6-2-3-8(12)10-9(6)16-5-17-10/h2-4H,5,13H2,1H3. The molecule has 0 bridgehead atoms. The van der Waals surface area contributed by atoms with Gasteiger partial charge in [0.05, 0.1) is 10.7 Å². The first kappa shape index (κ1) is 10.5. The van der Waals surface area contributed by atoms with Crippen LogP contribution in [0.25, 0.3) is 11.1 Å². The fraction of sp³-hybridized carbons (Fsp3) is 0.182. The summed E-state index contributed by atoms with van der Waals surface area (Å²) in [6, 6.07) is 3.85. The molecule has 88 valence electrons. The molecular weight excluding hydrogens is 286 g/mol. The highest BCUT2D eigenvalue weighted by molar-refractivity contribution is 9.10. The summed E-state index contributed by atoms with van der Waals surface area (Å²) in [6.07, 6.45) is 1.72. The van der Waals surface area contributed by atoms with Crippen molar-refractivity contribution >= 4 is 21.7 Å². The van der Waals surface area contributed by atoms with Crippen LogP contribution in [0.4, 0.5) is 5.82 Å². The van der Waals surface area contributed by atoms with Gasteiger partial charge in [-0.05, 0) is 28.1 Å². The van der Waals surface area contributed by atoms with Gasteiger partial charge in [-0.3, -0.25) is 4.68 Å². The molecule has 0 aliphatic carbocycles. The lowest BCUT2D eigenvalue weighted by Gasteiger charge is -2.06. The summed E-state index contributed by atoms with van der Waals surface area (Å²) < 4.78 is 13.4. The number of aryl methyl sites for hydroxylation is 1. The van der Waals surface area contributed by atoms with Crippen LogP contribution in [-0.2, 0) is 7.05 Å². The molecule has 2 heterocycles. The molecule has 0 saturated carbocycles. The Morgan fingerprint density at radius 1 is 1.29 bits per heavy atom. The van der Waals surface area contributed by atoms with Gasteiger partial charge >= 0.3 is 0 Å². The van der Waals surface area contributed by atoms with Gasteiger partial charge in [0.1, 0.15) is 5.82 Å². The topological polar surface area (TPSA) is 62.3 Å². The number of benzene rings is 1. The summed E-state index contributed by atoms with van der Waals surface area (Å²) in [5, 5.41) is 4.12. The zero-order valence-corrected chi connectivity index (χ0v) is 10.7. The molecule has 5 nitrogen and oxygen atoms in total. The van der Waals surface area contributed by atoms with E-state index in [1.807, 2.05) is 12.1 Å². The number of nitrogens with zero attached hydrogens (tertiary/aromatic N) is 2. The van der Waals surface area contributed by atoms with E-state index in [1.165, 1.54) is 0 Å². The molecule has 1 aromatic heterocycles. The van der Waals surface area contributed by atoms with Crippen molar-refractivity contribution in [1.29, 1.82) is 0 Å². The van der Waals surface area contributed by atoms with Crippen molar-refractivity contribution in [2.75, 3.05) is 12.5 Å². The van der Waals surface area contributed by atoms with Crippen LogP contribution in [-0.4, -0.2) is 16.6 Å². The Morgan fingerprint density at radius 2 is 2.06 bits per heavy atom. The molecule has 0 unspecified atom stereocenters. The van der Waals surface area contributed by atoms with Crippen molar-refractivity contribution in [3.8, 4) is 22.6 Å². The summed E-state index contributed by atoms with van der Waals surface area (Å²) in [5.74, 6) is 2.02. The fourth-order valence-corrected chi connectivity index (χ4v) is 2.26. The van der Waals surface area contributed by atoms with Crippen LogP contribution in [0.2, 0.25) is 0 Å². The predicted molar refractivity (Wildman–Crippen MR) is 66.9 cm³/mol. The molecule has 3 rings (SSSR count). The lowest BCUT2D eigenvalue weighted by molar-refractivity contribution is 0.174. The van der Waals surface area contributed by atoms with Crippen LogP contribution >= 0.6 is 15.9 Å². The van der Waals surface area contributed by atoms with Crippen molar-refractivity contribution in [3.63, 3.8) is 0 Å². The quantitative estimate of drug-likeness (QED) is 0.876. The highest BCUT2D eigenvalue weighted by Gasteiger charge is 2.23. The number of ether oxygens (including phenoxy) is 2. The normalized spacial score (nSPS) is 13.1. The third-order valence-electron chi connectivity index (χ3n) is 2.75. The maximum absolute atomic E-state index is 5.96. The number of aromatic nitrogens is 2. The molecule has 6 heteroatoms. The monoisotopic (exact) mass is 295 g/mol. The number of fused-ring (bicyclic) bond motifs is 1. The van der Waals surface area contributed by atoms with Gasteiger partial charge in [0, 0.05) is 18.2 Å². The van der Waals surface area contributed by atoms with Crippen molar-refractivity contribution in [3.05, 3.63) is 22.8 Å². The Labute approximate surface area is 106 Å². The molecule has 2 aromatic rings. The molecule has 2 N–H and O–H groups in total. The number of halogens is 1. The molecular formula is C11H10BrN3O2. The number of rotatable bonds is 1. The Balaban J connectivity index is 2.23. The van der Waals surface area contributed by atoms with E-state index in [0.29, 0.717) is 17.3 Å². The molecule has 1 aliphatic rings. The Hall–Kier alpha value is -1.69. The van der Waals surface area contributed by atoms with E-state index in [4.69, 9.17) is 15.2 Å². The maximum Gasteiger partial charge on any atom is 0.231 e. The fourth-order valence-electron chi connectivity index (χ4n) is 1.83. The second-order valence-electron chi connectivity index (χ2n) is 3.73. The molecule has 17 heavy (non-hydrogen) atoms. The van der Waals surface area contributed by atoms with E-state index in [9.17, 15) is 0 Å². The largest absolute Gasteiger partial charge is 0.453 e. The van der Waals surface area contributed by atoms with Gasteiger partial charge in [-0.15, -0.1) is 0 Å². The van der Waals surface area contributed by atoms with E-state index in [2.05, 4.69) is 21.0 Å². The zero-order valence-electron chi connectivity index (χ0n) is 9.11. The van der Waals surface area contributed by atoms with Gasteiger partial charge in [-0.2, -0.15) is 5.10 Å². The Morgan fingerprint density at radius 3 is 2.76 bits per heavy atom. The van der Waals surface area contributed by atoms with Crippen molar-refractivity contribution in [2.45, 2.75) is 0 Å². The Bertz CT molecular complexity index is 595. The van der Waals surface area contributed by atoms with Crippen LogP contribution in [0.3, 0.4) is 0 Å². The molecule has 0 amide bonds. The molecule has 0 spiro atoms. The summed E-state index contributed by atoms with van der Waals surface area (Å²) in [4.78, 5) is 0. The average molecular weight is 296 g/mol. The van der Waals surface area contributed by atoms with E-state index in [-0.39, 0.29) is 6.79 Å². The van der Waals surface area contributed by atoms with Gasteiger partial charge in [-0.25, -0.2) is 0 Å². The first-order valence-corrected chi connectivity index (χ1v) is 5.83. The van der Waals surface area contributed by atoms with Crippen LogP contribution in [0.15, 0.2) is 22.8 Å². The molecule has 0 fully saturated rings. The van der Waals surface area contributed by atoms with Crippen LogP contribution in [0.5, 0.6) is 11.5 Å². The Kier molecular flexibility index (Phi) is 2.25. The van der Waals surface area contributed by atoms with E-state index in [1.54, 1.807) is 17.9 Å². The van der Waals surface area contributed by atoms with E-state index in [0.717, 1.165) is 15.6 Å². The SMILES string of the molecule is Cn1ncc(-c2ccc(Br)c3c2OCO3)c1N. The lowest BCUT2D eigenvalue weighted by Crippen LogP contribution is -1.98. The second-order valence-corrected chi connectivity index (χ2v) is 4.58. The van der Waals surface area contributed by atoms with Crippen molar-refractivity contribution in [1.82, 2.24) is 9.78 Å². The van der Waals surface area contributed by atoms with Gasteiger partial charge < -0.3 is 15.2 Å². The van der Waals surface area contributed by atoms with Gasteiger partial charge in [0.15, 0.2) is 11.5 Å². The molecule has 1 aliphatic heterocycles. The first-order chi connectivity index (χ1) is 8.18. The summed E-state index contributed by atoms with van der Waals surface area (Å²) in [5.41, 5.74) is 7.70. The van der Waals surface area contributed by atoms with Gasteiger partial charge in [-0.1, -0.05) is 0 Å². The minimum Gasteiger partial charge on any atom is -0.453 e. The zero-order chi connectivity index (χ0) is 12.0. The van der Waals surface area contributed by atoms with E-state index < -0.39 is 0 Å². The minimum atomic E-state index is 0.227. The van der Waals surface area contributed by atoms with Crippen LogP contribution in [0, 0.1) is 0 Å². The smallest absolute Gasteiger partial charge is 0.231 e. The van der Waals surface area contributed by atoms with E-state index >= 15 is 0 Å². The second kappa shape index (κ2) is 3.66. The summed E-state index contributed by atoms with van der Waals surface area (Å²) in [6.45, 7) is 0.227.